The van der Waals surface area contributed by atoms with Crippen molar-refractivity contribution in [1.29, 1.82) is 0 Å². The van der Waals surface area contributed by atoms with Crippen LogP contribution in [0.25, 0.3) is 0 Å². The predicted octanol–water partition coefficient (Wildman–Crippen LogP) is 2.95. The molecule has 1 saturated carbocycles. The number of aliphatic carboxylic acids is 1. The molecule has 0 spiro atoms. The molecule has 6 heteroatoms. The number of nitrogens with zero attached hydrogens (tertiary/aromatic N) is 2. The van der Waals surface area contributed by atoms with Crippen LogP contribution in [-0.2, 0) is 4.79 Å². The molecular weight excluding hydrogens is 308 g/mol. The van der Waals surface area contributed by atoms with E-state index in [0.29, 0.717) is 17.1 Å². The number of pyridine rings is 1. The number of ether oxygens (including phenoxy) is 1. The second-order valence-electron chi connectivity index (χ2n) is 5.77. The Bertz CT molecular complexity index is 726. The van der Waals surface area contributed by atoms with E-state index in [1.54, 1.807) is 55.7 Å². The smallest absolute Gasteiger partial charge is 0.326 e. The molecule has 1 amide bonds. The Hall–Kier alpha value is -2.89. The standard InChI is InChI=1S/C18H18N2O4/c1-12(18(22)23)20(14-6-7-14)17(21)13-4-8-15(9-5-13)24-16-3-2-10-19-11-16/h2-5,8-12,14H,6-7H2,1H3,(H,22,23). The summed E-state index contributed by atoms with van der Waals surface area (Å²) < 4.78 is 5.64. The number of amides is 1. The first-order chi connectivity index (χ1) is 11.6. The summed E-state index contributed by atoms with van der Waals surface area (Å²) in [6.07, 6.45) is 4.96. The van der Waals surface area contributed by atoms with Crippen LogP contribution in [-0.4, -0.2) is 39.0 Å². The van der Waals surface area contributed by atoms with Gasteiger partial charge in [-0.3, -0.25) is 9.78 Å². The lowest BCUT2D eigenvalue weighted by molar-refractivity contribution is -0.141. The number of carboxylic acid groups (broad SMARTS) is 1. The number of aromatic nitrogens is 1. The number of rotatable bonds is 6. The van der Waals surface area contributed by atoms with Gasteiger partial charge in [0.1, 0.15) is 17.5 Å². The lowest BCUT2D eigenvalue weighted by atomic mass is 10.1. The van der Waals surface area contributed by atoms with Gasteiger partial charge in [-0.15, -0.1) is 0 Å². The fourth-order valence-corrected chi connectivity index (χ4v) is 2.49. The summed E-state index contributed by atoms with van der Waals surface area (Å²) in [5.74, 6) is -0.0633. The van der Waals surface area contributed by atoms with Crippen molar-refractivity contribution in [2.75, 3.05) is 0 Å². The Kier molecular flexibility index (Phi) is 4.46. The number of benzene rings is 1. The molecule has 1 aromatic heterocycles. The van der Waals surface area contributed by atoms with Crippen LogP contribution < -0.4 is 4.74 Å². The maximum Gasteiger partial charge on any atom is 0.326 e. The second-order valence-corrected chi connectivity index (χ2v) is 5.77. The van der Waals surface area contributed by atoms with Gasteiger partial charge < -0.3 is 14.7 Å². The highest BCUT2D eigenvalue weighted by atomic mass is 16.5. The first-order valence-corrected chi connectivity index (χ1v) is 7.79. The number of carbonyl (C=O) groups excluding carboxylic acids is 1. The van der Waals surface area contributed by atoms with E-state index in [1.165, 1.54) is 4.90 Å². The molecule has 0 saturated heterocycles. The van der Waals surface area contributed by atoms with Gasteiger partial charge in [0.15, 0.2) is 0 Å². The number of carbonyl (C=O) groups is 2. The molecule has 0 bridgehead atoms. The minimum atomic E-state index is -0.994. The minimum Gasteiger partial charge on any atom is -0.480 e. The molecule has 1 N–H and O–H groups in total. The number of carboxylic acids is 1. The average molecular weight is 326 g/mol. The van der Waals surface area contributed by atoms with Crippen molar-refractivity contribution in [3.05, 3.63) is 54.4 Å². The molecular formula is C18H18N2O4. The molecule has 1 aromatic carbocycles. The molecule has 1 heterocycles. The molecule has 1 fully saturated rings. The van der Waals surface area contributed by atoms with Crippen molar-refractivity contribution < 1.29 is 19.4 Å². The van der Waals surface area contributed by atoms with Gasteiger partial charge in [0.05, 0.1) is 6.20 Å². The van der Waals surface area contributed by atoms with Crippen LogP contribution >= 0.6 is 0 Å². The lowest BCUT2D eigenvalue weighted by Gasteiger charge is -2.26. The van der Waals surface area contributed by atoms with E-state index in [-0.39, 0.29) is 11.9 Å². The van der Waals surface area contributed by atoms with Crippen LogP contribution in [0.2, 0.25) is 0 Å². The molecule has 3 rings (SSSR count). The van der Waals surface area contributed by atoms with Crippen LogP contribution in [0.5, 0.6) is 11.5 Å². The third kappa shape index (κ3) is 3.53. The van der Waals surface area contributed by atoms with Gasteiger partial charge in [0.2, 0.25) is 0 Å². The normalized spacial score (nSPS) is 14.7. The summed E-state index contributed by atoms with van der Waals surface area (Å²) in [4.78, 5) is 29.3. The van der Waals surface area contributed by atoms with Gasteiger partial charge in [-0.1, -0.05) is 0 Å². The van der Waals surface area contributed by atoms with Gasteiger partial charge in [0.25, 0.3) is 5.91 Å². The zero-order valence-corrected chi connectivity index (χ0v) is 13.3. The van der Waals surface area contributed by atoms with E-state index in [0.717, 1.165) is 12.8 Å². The van der Waals surface area contributed by atoms with Crippen molar-refractivity contribution in [3.63, 3.8) is 0 Å². The van der Waals surface area contributed by atoms with Crippen molar-refractivity contribution >= 4 is 11.9 Å². The van der Waals surface area contributed by atoms with Gasteiger partial charge in [-0.2, -0.15) is 0 Å². The van der Waals surface area contributed by atoms with Crippen LogP contribution in [0.1, 0.15) is 30.1 Å². The van der Waals surface area contributed by atoms with Crippen LogP contribution in [0.15, 0.2) is 48.8 Å². The van der Waals surface area contributed by atoms with Gasteiger partial charge in [0, 0.05) is 17.8 Å². The molecule has 0 radical (unpaired) electrons. The van der Waals surface area contributed by atoms with Crippen molar-refractivity contribution in [3.8, 4) is 11.5 Å². The minimum absolute atomic E-state index is 0.0231. The Morgan fingerprint density at radius 1 is 1.21 bits per heavy atom. The molecule has 124 valence electrons. The summed E-state index contributed by atoms with van der Waals surface area (Å²) in [5.41, 5.74) is 0.452. The van der Waals surface area contributed by atoms with Crippen LogP contribution in [0.3, 0.4) is 0 Å². The quantitative estimate of drug-likeness (QED) is 0.883. The van der Waals surface area contributed by atoms with E-state index in [9.17, 15) is 14.7 Å². The molecule has 1 atom stereocenters. The van der Waals surface area contributed by atoms with Crippen molar-refractivity contribution in [1.82, 2.24) is 9.88 Å². The van der Waals surface area contributed by atoms with Gasteiger partial charge in [-0.05, 0) is 56.2 Å². The second kappa shape index (κ2) is 6.70. The summed E-state index contributed by atoms with van der Waals surface area (Å²) in [7, 11) is 0. The highest BCUT2D eigenvalue weighted by Crippen LogP contribution is 2.30. The topological polar surface area (TPSA) is 79.7 Å². The molecule has 0 aliphatic heterocycles. The molecule has 1 unspecified atom stereocenters. The first kappa shape index (κ1) is 16.0. The van der Waals surface area contributed by atoms with Crippen molar-refractivity contribution in [2.45, 2.75) is 31.8 Å². The molecule has 24 heavy (non-hydrogen) atoms. The zero-order chi connectivity index (χ0) is 17.1. The average Bonchev–Trinajstić information content (AvgIpc) is 3.41. The Morgan fingerprint density at radius 3 is 2.46 bits per heavy atom. The third-order valence-corrected chi connectivity index (χ3v) is 3.92. The SMILES string of the molecule is CC(C(=O)O)N(C(=O)c1ccc(Oc2cccnc2)cc1)C1CC1. The highest BCUT2D eigenvalue weighted by molar-refractivity contribution is 5.97. The van der Waals surface area contributed by atoms with Crippen LogP contribution in [0.4, 0.5) is 0 Å². The monoisotopic (exact) mass is 326 g/mol. The Labute approximate surface area is 139 Å². The van der Waals surface area contributed by atoms with E-state index in [4.69, 9.17) is 4.74 Å². The maximum absolute atomic E-state index is 12.7. The highest BCUT2D eigenvalue weighted by Gasteiger charge is 2.38. The number of hydrogen-bond acceptors (Lipinski definition) is 4. The van der Waals surface area contributed by atoms with Crippen molar-refractivity contribution in [2.24, 2.45) is 0 Å². The summed E-state index contributed by atoms with van der Waals surface area (Å²) in [6.45, 7) is 1.54. The maximum atomic E-state index is 12.7. The summed E-state index contributed by atoms with van der Waals surface area (Å²) in [5, 5.41) is 9.21. The third-order valence-electron chi connectivity index (χ3n) is 3.92. The van der Waals surface area contributed by atoms with Gasteiger partial charge in [-0.25, -0.2) is 4.79 Å². The molecule has 2 aromatic rings. The Morgan fingerprint density at radius 2 is 1.92 bits per heavy atom. The zero-order valence-electron chi connectivity index (χ0n) is 13.3. The van der Waals surface area contributed by atoms with E-state index >= 15 is 0 Å². The fourth-order valence-electron chi connectivity index (χ4n) is 2.49. The molecule has 1 aliphatic rings. The molecule has 6 nitrogen and oxygen atoms in total. The largest absolute Gasteiger partial charge is 0.480 e. The van der Waals surface area contributed by atoms with E-state index in [1.807, 2.05) is 0 Å². The fraction of sp³-hybridized carbons (Fsp3) is 0.278. The first-order valence-electron chi connectivity index (χ1n) is 7.79. The summed E-state index contributed by atoms with van der Waals surface area (Å²) >= 11 is 0. The summed E-state index contributed by atoms with van der Waals surface area (Å²) in [6, 6.07) is 9.43. The predicted molar refractivity (Wildman–Crippen MR) is 87.0 cm³/mol. The molecule has 1 aliphatic carbocycles. The van der Waals surface area contributed by atoms with Gasteiger partial charge >= 0.3 is 5.97 Å². The van der Waals surface area contributed by atoms with E-state index < -0.39 is 12.0 Å². The lowest BCUT2D eigenvalue weighted by Crippen LogP contribution is -2.44. The number of hydrogen-bond donors (Lipinski definition) is 1. The van der Waals surface area contributed by atoms with E-state index in [2.05, 4.69) is 4.98 Å². The Balaban J connectivity index is 1.74. The van der Waals surface area contributed by atoms with Crippen LogP contribution in [0, 0.1) is 0 Å².